The molecule has 4 nitrogen and oxygen atoms in total. The van der Waals surface area contributed by atoms with E-state index in [2.05, 4.69) is 17.0 Å². The van der Waals surface area contributed by atoms with Crippen LogP contribution in [0.15, 0.2) is 42.0 Å². The van der Waals surface area contributed by atoms with Crippen LogP contribution in [0.1, 0.15) is 45.1 Å². The van der Waals surface area contributed by atoms with Gasteiger partial charge in [-0.2, -0.15) is 0 Å². The predicted octanol–water partition coefficient (Wildman–Crippen LogP) is 3.51. The fourth-order valence-electron chi connectivity index (χ4n) is 4.43. The van der Waals surface area contributed by atoms with Crippen LogP contribution in [0.25, 0.3) is 0 Å². The monoisotopic (exact) mass is 341 g/mol. The van der Waals surface area contributed by atoms with Gasteiger partial charge >= 0.3 is 5.97 Å². The number of methoxy groups -OCH3 is 1. The molecule has 1 aromatic carbocycles. The van der Waals surface area contributed by atoms with Crippen molar-refractivity contribution in [2.45, 2.75) is 58.2 Å². The summed E-state index contributed by atoms with van der Waals surface area (Å²) >= 11 is 0. The minimum atomic E-state index is -1.06. The summed E-state index contributed by atoms with van der Waals surface area (Å²) in [6.45, 7) is 4.77. The van der Waals surface area contributed by atoms with Crippen molar-refractivity contribution in [3.8, 4) is 0 Å². The quantitative estimate of drug-likeness (QED) is 0.467. The second kappa shape index (κ2) is 7.12. The average Bonchev–Trinajstić information content (AvgIpc) is 2.91. The van der Waals surface area contributed by atoms with Crippen molar-refractivity contribution >= 4 is 11.8 Å². The lowest BCUT2D eigenvalue weighted by molar-refractivity contribution is -0.166. The number of hydrogen-bond acceptors (Lipinski definition) is 4. The third-order valence-corrected chi connectivity index (χ3v) is 5.72. The largest absolute Gasteiger partial charge is 0.468 e. The van der Waals surface area contributed by atoms with Gasteiger partial charge in [-0.1, -0.05) is 42.0 Å². The average molecular weight is 341 g/mol. The normalized spacial score (nSPS) is 28.7. The molecule has 0 N–H and O–H groups in total. The van der Waals surface area contributed by atoms with Crippen LogP contribution in [0.3, 0.4) is 0 Å². The molecule has 2 aliphatic heterocycles. The molecule has 2 heterocycles. The van der Waals surface area contributed by atoms with Crippen molar-refractivity contribution in [2.75, 3.05) is 7.11 Å². The summed E-state index contributed by atoms with van der Waals surface area (Å²) in [5.41, 5.74) is 1.27. The molecule has 1 aromatic rings. The third-order valence-electron chi connectivity index (χ3n) is 5.72. The number of allylic oxidation sites excluding steroid dienone is 2. The highest BCUT2D eigenvalue weighted by Crippen LogP contribution is 2.48. The van der Waals surface area contributed by atoms with Gasteiger partial charge in [-0.25, -0.2) is 0 Å². The summed E-state index contributed by atoms with van der Waals surface area (Å²) in [5, 5.41) is 0. The van der Waals surface area contributed by atoms with E-state index in [1.807, 2.05) is 38.1 Å². The fourth-order valence-corrected chi connectivity index (χ4v) is 4.43. The number of ketones is 1. The Bertz CT molecular complexity index is 678. The van der Waals surface area contributed by atoms with Gasteiger partial charge in [0.1, 0.15) is 5.41 Å². The molecule has 0 amide bonds. The van der Waals surface area contributed by atoms with Gasteiger partial charge in [0.15, 0.2) is 5.78 Å². The summed E-state index contributed by atoms with van der Waals surface area (Å²) < 4.78 is 5.13. The third kappa shape index (κ3) is 3.15. The van der Waals surface area contributed by atoms with Crippen molar-refractivity contribution in [3.05, 3.63) is 47.5 Å². The Morgan fingerprint density at radius 2 is 2.00 bits per heavy atom. The van der Waals surface area contributed by atoms with Crippen LogP contribution in [-0.2, 0) is 20.9 Å². The van der Waals surface area contributed by atoms with E-state index in [0.29, 0.717) is 12.8 Å². The molecule has 0 spiro atoms. The Balaban J connectivity index is 1.97. The standard InChI is InChI=1S/C21H27NO3/c1-15(2)11-12-21(20(24)25-3)18-10-9-17(13-19(21)23)22(18)14-16-7-5-4-6-8-16/h4-8,11,17-18H,9-10,12-14H2,1-3H3/t17-,18+,21-/m1/s1. The van der Waals surface area contributed by atoms with Gasteiger partial charge in [0.25, 0.3) is 0 Å². The minimum Gasteiger partial charge on any atom is -0.468 e. The lowest BCUT2D eigenvalue weighted by atomic mass is 9.69. The fraction of sp³-hybridized carbons (Fsp3) is 0.524. The molecule has 25 heavy (non-hydrogen) atoms. The number of Topliss-reactive ketones (excluding diaryl/α,β-unsaturated/α-hetero) is 1. The number of piperidine rings is 1. The molecule has 2 bridgehead atoms. The molecular weight excluding hydrogens is 314 g/mol. The lowest BCUT2D eigenvalue weighted by Gasteiger charge is -2.45. The Labute approximate surface area is 149 Å². The summed E-state index contributed by atoms with van der Waals surface area (Å²) in [7, 11) is 1.39. The highest BCUT2D eigenvalue weighted by molar-refractivity contribution is 6.06. The summed E-state index contributed by atoms with van der Waals surface area (Å²) in [4.78, 5) is 28.2. The smallest absolute Gasteiger partial charge is 0.321 e. The SMILES string of the molecule is COC(=O)[C@@]1(CC=C(C)C)C(=O)C[C@H]2CC[C@@H]1N2Cc1ccccc1. The molecule has 0 saturated carbocycles. The first-order valence-corrected chi connectivity index (χ1v) is 9.03. The molecule has 2 saturated heterocycles. The van der Waals surface area contributed by atoms with E-state index >= 15 is 0 Å². The summed E-state index contributed by atoms with van der Waals surface area (Å²) in [5.74, 6) is -0.327. The molecule has 3 atom stereocenters. The second-order valence-electron chi connectivity index (χ2n) is 7.48. The number of hydrogen-bond donors (Lipinski definition) is 0. The Kier molecular flexibility index (Phi) is 5.09. The number of benzene rings is 1. The van der Waals surface area contributed by atoms with Crippen LogP contribution < -0.4 is 0 Å². The lowest BCUT2D eigenvalue weighted by Crippen LogP contribution is -2.60. The van der Waals surface area contributed by atoms with E-state index in [-0.39, 0.29) is 23.8 Å². The number of fused-ring (bicyclic) bond motifs is 2. The van der Waals surface area contributed by atoms with E-state index in [4.69, 9.17) is 4.74 Å². The van der Waals surface area contributed by atoms with E-state index in [1.54, 1.807) is 0 Å². The topological polar surface area (TPSA) is 46.6 Å². The molecule has 4 heteroatoms. The number of rotatable bonds is 5. The predicted molar refractivity (Wildman–Crippen MR) is 96.9 cm³/mol. The summed E-state index contributed by atoms with van der Waals surface area (Å²) in [6, 6.07) is 10.4. The highest BCUT2D eigenvalue weighted by atomic mass is 16.5. The molecule has 3 rings (SSSR count). The molecule has 0 unspecified atom stereocenters. The van der Waals surface area contributed by atoms with Crippen molar-refractivity contribution in [1.29, 1.82) is 0 Å². The first-order valence-electron chi connectivity index (χ1n) is 9.03. The van der Waals surface area contributed by atoms with Crippen LogP contribution in [-0.4, -0.2) is 35.8 Å². The van der Waals surface area contributed by atoms with Crippen molar-refractivity contribution in [1.82, 2.24) is 4.90 Å². The first kappa shape index (κ1) is 17.9. The van der Waals surface area contributed by atoms with Gasteiger partial charge in [-0.15, -0.1) is 0 Å². The van der Waals surface area contributed by atoms with Crippen LogP contribution >= 0.6 is 0 Å². The van der Waals surface area contributed by atoms with Gasteiger partial charge < -0.3 is 4.74 Å². The van der Waals surface area contributed by atoms with Gasteiger partial charge in [0, 0.05) is 25.0 Å². The van der Waals surface area contributed by atoms with E-state index in [0.717, 1.165) is 25.0 Å². The molecular formula is C21H27NO3. The molecule has 2 aliphatic rings. The van der Waals surface area contributed by atoms with Crippen LogP contribution in [0.2, 0.25) is 0 Å². The number of nitrogens with zero attached hydrogens (tertiary/aromatic N) is 1. The van der Waals surface area contributed by atoms with Gasteiger partial charge in [0.2, 0.25) is 0 Å². The highest BCUT2D eigenvalue weighted by Gasteiger charge is 2.60. The van der Waals surface area contributed by atoms with Gasteiger partial charge in [-0.05, 0) is 38.7 Å². The molecule has 2 fully saturated rings. The summed E-state index contributed by atoms with van der Waals surface area (Å²) in [6.07, 6.45) is 4.72. The van der Waals surface area contributed by atoms with Crippen molar-refractivity contribution in [2.24, 2.45) is 5.41 Å². The maximum Gasteiger partial charge on any atom is 0.321 e. The molecule has 0 aliphatic carbocycles. The number of esters is 1. The van der Waals surface area contributed by atoms with Crippen LogP contribution in [0.4, 0.5) is 0 Å². The number of carbonyl (C=O) groups excluding carboxylic acids is 2. The van der Waals surface area contributed by atoms with E-state index < -0.39 is 5.41 Å². The maximum atomic E-state index is 13.0. The zero-order valence-corrected chi connectivity index (χ0v) is 15.3. The van der Waals surface area contributed by atoms with Crippen LogP contribution in [0.5, 0.6) is 0 Å². The zero-order valence-electron chi connectivity index (χ0n) is 15.3. The van der Waals surface area contributed by atoms with Crippen molar-refractivity contribution < 1.29 is 14.3 Å². The van der Waals surface area contributed by atoms with Gasteiger partial charge in [0.05, 0.1) is 7.11 Å². The van der Waals surface area contributed by atoms with E-state index in [9.17, 15) is 9.59 Å². The van der Waals surface area contributed by atoms with Crippen molar-refractivity contribution in [3.63, 3.8) is 0 Å². The zero-order chi connectivity index (χ0) is 18.0. The maximum absolute atomic E-state index is 13.0. The Hall–Kier alpha value is -1.94. The minimum absolute atomic E-state index is 0.0497. The molecule has 0 radical (unpaired) electrons. The number of ether oxygens (including phenoxy) is 1. The molecule has 0 aromatic heterocycles. The van der Waals surface area contributed by atoms with Gasteiger partial charge in [-0.3, -0.25) is 14.5 Å². The first-order chi connectivity index (χ1) is 12.0. The number of carbonyl (C=O) groups is 2. The Morgan fingerprint density at radius 3 is 2.64 bits per heavy atom. The second-order valence-corrected chi connectivity index (χ2v) is 7.48. The molecule has 134 valence electrons. The van der Waals surface area contributed by atoms with E-state index in [1.165, 1.54) is 12.7 Å². The Morgan fingerprint density at radius 1 is 1.28 bits per heavy atom. The van der Waals surface area contributed by atoms with Crippen LogP contribution in [0, 0.1) is 5.41 Å².